The molecule has 2 N–H and O–H groups in total. The number of piperidine rings is 1. The molecule has 1 fully saturated rings. The van der Waals surface area contributed by atoms with Gasteiger partial charge in [0, 0.05) is 20.8 Å². The fraction of sp³-hybridized carbons (Fsp3) is 0.923. The third-order valence-corrected chi connectivity index (χ3v) is 3.43. The number of amides is 1. The third-order valence-electron chi connectivity index (χ3n) is 3.43. The van der Waals surface area contributed by atoms with Gasteiger partial charge in [0.15, 0.2) is 0 Å². The number of ether oxygens (including phenoxy) is 3. The topological polar surface area (TPSA) is 68.8 Å². The van der Waals surface area contributed by atoms with Gasteiger partial charge in [-0.15, -0.1) is 12.4 Å². The summed E-state index contributed by atoms with van der Waals surface area (Å²) in [7, 11) is 3.28. The van der Waals surface area contributed by atoms with Crippen LogP contribution in [0.5, 0.6) is 0 Å². The fourth-order valence-corrected chi connectivity index (χ4v) is 2.29. The van der Waals surface area contributed by atoms with E-state index in [2.05, 4.69) is 10.6 Å². The van der Waals surface area contributed by atoms with E-state index in [1.54, 1.807) is 14.2 Å². The van der Waals surface area contributed by atoms with E-state index in [1.807, 2.05) is 0 Å². The molecule has 0 unspecified atom stereocenters. The van der Waals surface area contributed by atoms with Crippen LogP contribution in [0.3, 0.4) is 0 Å². The van der Waals surface area contributed by atoms with Crippen molar-refractivity contribution in [2.24, 2.45) is 5.41 Å². The molecule has 1 heterocycles. The standard InChI is InChI=1S/C13H26N2O4.ClH/c1-17-9-10-19-8-7-15-12(16)13(11-18-2)3-5-14-6-4-13;/h14H,3-11H2,1-2H3,(H,15,16);1H. The molecule has 0 aliphatic carbocycles. The van der Waals surface area contributed by atoms with Crippen molar-refractivity contribution in [3.05, 3.63) is 0 Å². The van der Waals surface area contributed by atoms with Crippen LogP contribution >= 0.6 is 12.4 Å². The van der Waals surface area contributed by atoms with Gasteiger partial charge in [-0.1, -0.05) is 0 Å². The molecule has 0 aromatic rings. The largest absolute Gasteiger partial charge is 0.384 e. The predicted octanol–water partition coefficient (Wildman–Crippen LogP) is 0.204. The number of carbonyl (C=O) groups excluding carboxylic acids is 1. The van der Waals surface area contributed by atoms with Crippen LogP contribution in [0.4, 0.5) is 0 Å². The molecule has 0 atom stereocenters. The summed E-state index contributed by atoms with van der Waals surface area (Å²) in [5.74, 6) is 0.0752. The monoisotopic (exact) mass is 310 g/mol. The van der Waals surface area contributed by atoms with Crippen molar-refractivity contribution in [3.63, 3.8) is 0 Å². The lowest BCUT2D eigenvalue weighted by molar-refractivity contribution is -0.136. The molecule has 0 aromatic heterocycles. The highest BCUT2D eigenvalue weighted by molar-refractivity contribution is 5.85. The summed E-state index contributed by atoms with van der Waals surface area (Å²) in [6, 6.07) is 0. The van der Waals surface area contributed by atoms with Gasteiger partial charge in [0.2, 0.25) is 5.91 Å². The summed E-state index contributed by atoms with van der Waals surface area (Å²) in [4.78, 5) is 12.3. The predicted molar refractivity (Wildman–Crippen MR) is 79.4 cm³/mol. The number of carbonyl (C=O) groups is 1. The first kappa shape index (κ1) is 19.6. The van der Waals surface area contributed by atoms with Crippen molar-refractivity contribution < 1.29 is 19.0 Å². The minimum Gasteiger partial charge on any atom is -0.384 e. The van der Waals surface area contributed by atoms with Gasteiger partial charge in [-0.05, 0) is 25.9 Å². The molecule has 0 bridgehead atoms. The van der Waals surface area contributed by atoms with E-state index in [-0.39, 0.29) is 23.7 Å². The molecule has 20 heavy (non-hydrogen) atoms. The molecular formula is C13H27ClN2O4. The van der Waals surface area contributed by atoms with Crippen LogP contribution in [0.15, 0.2) is 0 Å². The van der Waals surface area contributed by atoms with Crippen molar-refractivity contribution in [2.45, 2.75) is 12.8 Å². The molecule has 0 radical (unpaired) electrons. The lowest BCUT2D eigenvalue weighted by atomic mass is 9.78. The Morgan fingerprint density at radius 1 is 1.15 bits per heavy atom. The molecule has 0 aromatic carbocycles. The number of hydrogen-bond donors (Lipinski definition) is 2. The van der Waals surface area contributed by atoms with Crippen LogP contribution in [0.25, 0.3) is 0 Å². The summed E-state index contributed by atoms with van der Waals surface area (Å²) in [6.07, 6.45) is 1.63. The highest BCUT2D eigenvalue weighted by Gasteiger charge is 2.39. The third kappa shape index (κ3) is 6.37. The van der Waals surface area contributed by atoms with Crippen molar-refractivity contribution in [1.29, 1.82) is 0 Å². The fourth-order valence-electron chi connectivity index (χ4n) is 2.29. The van der Waals surface area contributed by atoms with Gasteiger partial charge in [0.1, 0.15) is 0 Å². The van der Waals surface area contributed by atoms with E-state index in [1.165, 1.54) is 0 Å². The lowest BCUT2D eigenvalue weighted by Crippen LogP contribution is -2.50. The maximum atomic E-state index is 12.3. The molecule has 1 aliphatic rings. The smallest absolute Gasteiger partial charge is 0.228 e. The Morgan fingerprint density at radius 3 is 2.45 bits per heavy atom. The second-order valence-electron chi connectivity index (χ2n) is 4.82. The first-order chi connectivity index (χ1) is 9.25. The number of halogens is 1. The first-order valence-electron chi connectivity index (χ1n) is 6.80. The Hall–Kier alpha value is -0.400. The Balaban J connectivity index is 0.00000361. The molecular weight excluding hydrogens is 284 g/mol. The summed E-state index contributed by atoms with van der Waals surface area (Å²) >= 11 is 0. The number of hydrogen-bond acceptors (Lipinski definition) is 5. The molecule has 120 valence electrons. The first-order valence-corrected chi connectivity index (χ1v) is 6.80. The van der Waals surface area contributed by atoms with Crippen LogP contribution in [0.1, 0.15) is 12.8 Å². The second-order valence-corrected chi connectivity index (χ2v) is 4.82. The zero-order valence-corrected chi connectivity index (χ0v) is 13.2. The summed E-state index contributed by atoms with van der Waals surface area (Å²) in [5.41, 5.74) is -0.382. The number of rotatable bonds is 9. The van der Waals surface area contributed by atoms with Crippen LogP contribution in [0.2, 0.25) is 0 Å². The van der Waals surface area contributed by atoms with E-state index >= 15 is 0 Å². The van der Waals surface area contributed by atoms with E-state index in [9.17, 15) is 4.79 Å². The quantitative estimate of drug-likeness (QED) is 0.596. The van der Waals surface area contributed by atoms with Gasteiger partial charge >= 0.3 is 0 Å². The number of methoxy groups -OCH3 is 2. The number of nitrogens with one attached hydrogen (secondary N) is 2. The van der Waals surface area contributed by atoms with E-state index in [4.69, 9.17) is 14.2 Å². The van der Waals surface area contributed by atoms with Crippen LogP contribution in [-0.2, 0) is 19.0 Å². The zero-order chi connectivity index (χ0) is 14.0. The van der Waals surface area contributed by atoms with Gasteiger partial charge in [-0.2, -0.15) is 0 Å². The maximum Gasteiger partial charge on any atom is 0.228 e. The molecule has 0 spiro atoms. The normalized spacial score (nSPS) is 17.3. The Bertz CT molecular complexity index is 255. The van der Waals surface area contributed by atoms with Crippen molar-refractivity contribution in [1.82, 2.24) is 10.6 Å². The lowest BCUT2D eigenvalue weighted by Gasteiger charge is -2.35. The highest BCUT2D eigenvalue weighted by Crippen LogP contribution is 2.29. The van der Waals surface area contributed by atoms with E-state index in [0.717, 1.165) is 25.9 Å². The van der Waals surface area contributed by atoms with Gasteiger partial charge in [-0.25, -0.2) is 0 Å². The van der Waals surface area contributed by atoms with Gasteiger partial charge < -0.3 is 24.8 Å². The zero-order valence-electron chi connectivity index (χ0n) is 12.4. The summed E-state index contributed by atoms with van der Waals surface area (Å²) < 4.78 is 15.4. The summed E-state index contributed by atoms with van der Waals surface area (Å²) in [6.45, 7) is 4.37. The second kappa shape index (κ2) is 11.3. The van der Waals surface area contributed by atoms with Gasteiger partial charge in [0.05, 0.1) is 31.8 Å². The molecule has 1 amide bonds. The maximum absolute atomic E-state index is 12.3. The average Bonchev–Trinajstić information content (AvgIpc) is 2.44. The van der Waals surface area contributed by atoms with Gasteiger partial charge in [0.25, 0.3) is 0 Å². The highest BCUT2D eigenvalue weighted by atomic mass is 35.5. The van der Waals surface area contributed by atoms with Crippen LogP contribution in [-0.4, -0.2) is 66.2 Å². The van der Waals surface area contributed by atoms with Crippen molar-refractivity contribution in [2.75, 3.05) is 60.3 Å². The molecule has 6 nitrogen and oxygen atoms in total. The molecule has 1 rings (SSSR count). The average molecular weight is 311 g/mol. The SMILES string of the molecule is COCCOCCNC(=O)C1(COC)CCNCC1.Cl. The molecule has 1 aliphatic heterocycles. The molecule has 1 saturated heterocycles. The minimum absolute atomic E-state index is 0. The van der Waals surface area contributed by atoms with E-state index in [0.29, 0.717) is 33.0 Å². The van der Waals surface area contributed by atoms with Crippen LogP contribution < -0.4 is 10.6 Å². The Labute approximate surface area is 127 Å². The van der Waals surface area contributed by atoms with E-state index < -0.39 is 0 Å². The van der Waals surface area contributed by atoms with Crippen molar-refractivity contribution in [3.8, 4) is 0 Å². The van der Waals surface area contributed by atoms with Crippen molar-refractivity contribution >= 4 is 18.3 Å². The molecule has 7 heteroatoms. The van der Waals surface area contributed by atoms with Gasteiger partial charge in [-0.3, -0.25) is 4.79 Å². The Morgan fingerprint density at radius 2 is 1.85 bits per heavy atom. The molecule has 0 saturated carbocycles. The minimum atomic E-state index is -0.382. The Kier molecular flexibility index (Phi) is 11.1. The summed E-state index contributed by atoms with van der Waals surface area (Å²) in [5, 5.41) is 6.21. The van der Waals surface area contributed by atoms with Crippen LogP contribution in [0, 0.1) is 5.41 Å².